The number of ether oxygens (including phenoxy) is 2. The number of aromatic nitrogens is 1. The molecule has 176 valence electrons. The van der Waals surface area contributed by atoms with Gasteiger partial charge in [0, 0.05) is 12.3 Å². The van der Waals surface area contributed by atoms with Crippen LogP contribution in [0.3, 0.4) is 0 Å². The minimum absolute atomic E-state index is 0.0439. The van der Waals surface area contributed by atoms with E-state index in [1.165, 1.54) is 18.9 Å². The van der Waals surface area contributed by atoms with Gasteiger partial charge in [-0.3, -0.25) is 4.79 Å². The number of amides is 1. The number of carboxylic acids is 1. The lowest BCUT2D eigenvalue weighted by molar-refractivity contribution is -0.115. The van der Waals surface area contributed by atoms with Gasteiger partial charge in [-0.15, -0.1) is 0 Å². The van der Waals surface area contributed by atoms with E-state index < -0.39 is 5.97 Å². The molecule has 7 nitrogen and oxygen atoms in total. The Balaban J connectivity index is 1.30. The molecule has 2 aromatic carbocycles. The van der Waals surface area contributed by atoms with Crippen LogP contribution < -0.4 is 14.8 Å². The molecular weight excluding hydrogens is 432 g/mol. The van der Waals surface area contributed by atoms with Crippen LogP contribution in [0.15, 0.2) is 66.9 Å². The molecule has 2 unspecified atom stereocenters. The second-order valence-corrected chi connectivity index (χ2v) is 8.67. The predicted octanol–water partition coefficient (Wildman–Crippen LogP) is 5.71. The van der Waals surface area contributed by atoms with Crippen LogP contribution in [0.1, 0.15) is 48.5 Å². The van der Waals surface area contributed by atoms with Crippen molar-refractivity contribution in [3.05, 3.63) is 78.0 Å². The number of nitrogens with zero attached hydrogens (tertiary/aromatic N) is 1. The fraction of sp³-hybridized carbons (Fsp3) is 0.296. The molecule has 1 heterocycles. The zero-order valence-corrected chi connectivity index (χ0v) is 19.1. The van der Waals surface area contributed by atoms with Crippen LogP contribution in [0.25, 0.3) is 0 Å². The largest absolute Gasteiger partial charge is 0.490 e. The Hall–Kier alpha value is -3.87. The molecule has 1 saturated carbocycles. The summed E-state index contributed by atoms with van der Waals surface area (Å²) < 4.78 is 11.9. The molecule has 2 N–H and O–H groups in total. The van der Waals surface area contributed by atoms with Crippen molar-refractivity contribution in [3.8, 4) is 17.4 Å². The first kappa shape index (κ1) is 23.3. The molecule has 0 saturated heterocycles. The van der Waals surface area contributed by atoms with Gasteiger partial charge in [0.2, 0.25) is 11.8 Å². The summed E-state index contributed by atoms with van der Waals surface area (Å²) in [5.74, 6) is 1.18. The number of benzene rings is 2. The van der Waals surface area contributed by atoms with Crippen molar-refractivity contribution in [1.29, 1.82) is 0 Å². The normalized spacial score (nSPS) is 17.6. The van der Waals surface area contributed by atoms with Gasteiger partial charge in [-0.25, -0.2) is 9.78 Å². The smallest absolute Gasteiger partial charge is 0.337 e. The van der Waals surface area contributed by atoms with Gasteiger partial charge in [0.05, 0.1) is 23.8 Å². The van der Waals surface area contributed by atoms with Gasteiger partial charge in [0.1, 0.15) is 11.5 Å². The summed E-state index contributed by atoms with van der Waals surface area (Å²) in [7, 11) is 0. The summed E-state index contributed by atoms with van der Waals surface area (Å²) in [5, 5.41) is 11.9. The maximum atomic E-state index is 12.4. The molecule has 1 amide bonds. The Morgan fingerprint density at radius 2 is 1.79 bits per heavy atom. The SMILES string of the molecule is CC1CCCC(Oc2ccc(Oc3ccc(CC(=O)Nc4ccccc4C(=O)O)cn3)cc2)C1. The van der Waals surface area contributed by atoms with Crippen LogP contribution in [-0.4, -0.2) is 28.1 Å². The van der Waals surface area contributed by atoms with Crippen LogP contribution in [0.4, 0.5) is 5.69 Å². The predicted molar refractivity (Wildman–Crippen MR) is 129 cm³/mol. The second kappa shape index (κ2) is 10.8. The summed E-state index contributed by atoms with van der Waals surface area (Å²) >= 11 is 0. The second-order valence-electron chi connectivity index (χ2n) is 8.67. The average Bonchev–Trinajstić information content (AvgIpc) is 2.82. The Kier molecular flexibility index (Phi) is 7.42. The Bertz CT molecular complexity index is 1130. The van der Waals surface area contributed by atoms with E-state index >= 15 is 0 Å². The topological polar surface area (TPSA) is 97.8 Å². The van der Waals surface area contributed by atoms with Gasteiger partial charge in [-0.1, -0.05) is 31.5 Å². The van der Waals surface area contributed by atoms with Crippen molar-refractivity contribution in [2.45, 2.75) is 45.1 Å². The molecule has 7 heteroatoms. The molecule has 0 bridgehead atoms. The van der Waals surface area contributed by atoms with Crippen molar-refractivity contribution >= 4 is 17.6 Å². The van der Waals surface area contributed by atoms with Gasteiger partial charge >= 0.3 is 5.97 Å². The molecule has 1 fully saturated rings. The van der Waals surface area contributed by atoms with Crippen molar-refractivity contribution in [2.24, 2.45) is 5.92 Å². The number of pyridine rings is 1. The molecule has 0 radical (unpaired) electrons. The highest BCUT2D eigenvalue weighted by molar-refractivity contribution is 6.00. The average molecular weight is 461 g/mol. The quantitative estimate of drug-likeness (QED) is 0.447. The lowest BCUT2D eigenvalue weighted by Crippen LogP contribution is -2.23. The molecule has 0 spiro atoms. The Morgan fingerprint density at radius 1 is 1.03 bits per heavy atom. The number of para-hydroxylation sites is 1. The number of nitrogens with one attached hydrogen (secondary N) is 1. The van der Waals surface area contributed by atoms with E-state index in [4.69, 9.17) is 9.47 Å². The lowest BCUT2D eigenvalue weighted by atomic mass is 9.89. The number of carbonyl (C=O) groups excluding carboxylic acids is 1. The number of hydrogen-bond donors (Lipinski definition) is 2. The third kappa shape index (κ3) is 6.34. The Labute approximate surface area is 198 Å². The molecule has 34 heavy (non-hydrogen) atoms. The molecule has 1 aromatic heterocycles. The van der Waals surface area contributed by atoms with Gasteiger partial charge < -0.3 is 19.9 Å². The van der Waals surface area contributed by atoms with Crippen molar-refractivity contribution in [2.75, 3.05) is 5.32 Å². The van der Waals surface area contributed by atoms with E-state index in [2.05, 4.69) is 17.2 Å². The van der Waals surface area contributed by atoms with Gasteiger partial charge in [0.25, 0.3) is 0 Å². The highest BCUT2D eigenvalue weighted by Crippen LogP contribution is 2.29. The van der Waals surface area contributed by atoms with Crippen molar-refractivity contribution in [3.63, 3.8) is 0 Å². The van der Waals surface area contributed by atoms with Gasteiger partial charge in [-0.2, -0.15) is 0 Å². The Morgan fingerprint density at radius 3 is 2.50 bits per heavy atom. The van der Waals surface area contributed by atoms with E-state index in [9.17, 15) is 14.7 Å². The van der Waals surface area contributed by atoms with E-state index in [1.54, 1.807) is 36.5 Å². The minimum atomic E-state index is -1.10. The number of rotatable bonds is 8. The van der Waals surface area contributed by atoms with Crippen LogP contribution in [0.2, 0.25) is 0 Å². The van der Waals surface area contributed by atoms with Gasteiger partial charge in [0.15, 0.2) is 0 Å². The highest BCUT2D eigenvalue weighted by Gasteiger charge is 2.20. The highest BCUT2D eigenvalue weighted by atomic mass is 16.5. The maximum absolute atomic E-state index is 12.4. The lowest BCUT2D eigenvalue weighted by Gasteiger charge is -2.27. The third-order valence-corrected chi connectivity index (χ3v) is 5.83. The molecule has 1 aliphatic rings. The van der Waals surface area contributed by atoms with E-state index in [0.717, 1.165) is 18.6 Å². The molecule has 0 aliphatic heterocycles. The fourth-order valence-electron chi connectivity index (χ4n) is 4.12. The summed E-state index contributed by atoms with van der Waals surface area (Å²) in [6, 6.07) is 17.3. The zero-order chi connectivity index (χ0) is 23.9. The maximum Gasteiger partial charge on any atom is 0.337 e. The number of carbonyl (C=O) groups is 2. The molecular formula is C27H28N2O5. The van der Waals surface area contributed by atoms with Crippen LogP contribution in [-0.2, 0) is 11.2 Å². The number of hydrogen-bond acceptors (Lipinski definition) is 5. The summed E-state index contributed by atoms with van der Waals surface area (Å²) in [6.07, 6.45) is 6.60. The third-order valence-electron chi connectivity index (χ3n) is 5.83. The van der Waals surface area contributed by atoms with E-state index in [0.29, 0.717) is 23.1 Å². The van der Waals surface area contributed by atoms with Crippen molar-refractivity contribution < 1.29 is 24.2 Å². The first-order valence-corrected chi connectivity index (χ1v) is 11.5. The van der Waals surface area contributed by atoms with Crippen LogP contribution in [0.5, 0.6) is 17.4 Å². The van der Waals surface area contributed by atoms with Crippen LogP contribution >= 0.6 is 0 Å². The molecule has 4 rings (SSSR count). The number of anilines is 1. The minimum Gasteiger partial charge on any atom is -0.490 e. The molecule has 3 aromatic rings. The van der Waals surface area contributed by atoms with E-state index in [1.807, 2.05) is 24.3 Å². The van der Waals surface area contributed by atoms with E-state index in [-0.39, 0.29) is 29.7 Å². The zero-order valence-electron chi connectivity index (χ0n) is 19.1. The molecule has 2 atom stereocenters. The standard InChI is InChI=1S/C27H28N2O5/c1-18-5-4-6-22(15-18)33-20-10-12-21(13-11-20)34-26-14-9-19(17-28-26)16-25(30)29-24-8-3-2-7-23(24)27(31)32/h2-3,7-14,17-18,22H,4-6,15-16H2,1H3,(H,29,30)(H,31,32). The first-order valence-electron chi connectivity index (χ1n) is 11.5. The summed E-state index contributed by atoms with van der Waals surface area (Å²) in [5.41, 5.74) is 0.990. The van der Waals surface area contributed by atoms with Gasteiger partial charge in [-0.05, 0) is 67.1 Å². The number of aromatic carboxylic acids is 1. The van der Waals surface area contributed by atoms with Crippen molar-refractivity contribution in [1.82, 2.24) is 4.98 Å². The van der Waals surface area contributed by atoms with Crippen LogP contribution in [0, 0.1) is 5.92 Å². The number of carboxylic acid groups (broad SMARTS) is 1. The monoisotopic (exact) mass is 460 g/mol. The molecule has 1 aliphatic carbocycles. The first-order chi connectivity index (χ1) is 16.5. The fourth-order valence-corrected chi connectivity index (χ4v) is 4.12. The summed E-state index contributed by atoms with van der Waals surface area (Å²) in [4.78, 5) is 27.9. The summed E-state index contributed by atoms with van der Waals surface area (Å²) in [6.45, 7) is 2.27.